The Bertz CT molecular complexity index is 951. The van der Waals surface area contributed by atoms with Crippen LogP contribution in [-0.4, -0.2) is 41.1 Å². The van der Waals surface area contributed by atoms with Gasteiger partial charge in [-0.05, 0) is 43.8 Å². The third kappa shape index (κ3) is 5.11. The molecule has 8 heteroatoms. The van der Waals surface area contributed by atoms with Crippen molar-refractivity contribution in [3.05, 3.63) is 59.9 Å². The molecule has 3 rings (SSSR count). The second-order valence-corrected chi connectivity index (χ2v) is 6.65. The number of nitrogens with zero attached hydrogens (tertiary/aromatic N) is 4. The highest BCUT2D eigenvalue weighted by Gasteiger charge is 2.18. The van der Waals surface area contributed by atoms with Gasteiger partial charge in [0.05, 0.1) is 20.3 Å². The van der Waals surface area contributed by atoms with E-state index < -0.39 is 0 Å². The smallest absolute Gasteiger partial charge is 0.232 e. The number of nitrogens with one attached hydrogen (secondary N) is 1. The summed E-state index contributed by atoms with van der Waals surface area (Å²) in [5, 5.41) is 3.17. The largest absolute Gasteiger partial charge is 0.493 e. The van der Waals surface area contributed by atoms with Crippen LogP contribution in [0.4, 0.5) is 17.6 Å². The quantitative estimate of drug-likeness (QED) is 0.600. The summed E-state index contributed by atoms with van der Waals surface area (Å²) in [6.45, 7) is 2.70. The van der Waals surface area contributed by atoms with Crippen LogP contribution in [0.1, 0.15) is 24.4 Å². The molecule has 0 saturated carbocycles. The Morgan fingerprint density at radius 1 is 1.00 bits per heavy atom. The van der Waals surface area contributed by atoms with Crippen LogP contribution >= 0.6 is 0 Å². The first kappa shape index (κ1) is 20.3. The minimum Gasteiger partial charge on any atom is -0.493 e. The first-order valence-corrected chi connectivity index (χ1v) is 9.24. The summed E-state index contributed by atoms with van der Waals surface area (Å²) >= 11 is 0. The van der Waals surface area contributed by atoms with Gasteiger partial charge in [0, 0.05) is 12.2 Å². The predicted octanol–water partition coefficient (Wildman–Crippen LogP) is 3.41. The standard InChI is InChI=1S/C21H26N6O2/c1-14(27(2)13-15-10-11-17(28-3)18(12-15)29-4)19-24-20(22)26-21(25-19)23-16-8-6-5-7-9-16/h5-12,14H,13H2,1-4H3,(H3,22,23,24,25,26). The Hall–Kier alpha value is -3.39. The van der Waals surface area contributed by atoms with E-state index in [-0.39, 0.29) is 12.0 Å². The maximum atomic E-state index is 5.92. The van der Waals surface area contributed by atoms with E-state index in [1.54, 1.807) is 14.2 Å². The molecule has 3 aromatic rings. The van der Waals surface area contributed by atoms with Gasteiger partial charge in [-0.2, -0.15) is 15.0 Å². The lowest BCUT2D eigenvalue weighted by Crippen LogP contribution is -2.24. The van der Waals surface area contributed by atoms with Crippen molar-refractivity contribution in [1.82, 2.24) is 19.9 Å². The van der Waals surface area contributed by atoms with Crippen molar-refractivity contribution < 1.29 is 9.47 Å². The van der Waals surface area contributed by atoms with Crippen molar-refractivity contribution in [2.75, 3.05) is 32.3 Å². The lowest BCUT2D eigenvalue weighted by atomic mass is 10.1. The van der Waals surface area contributed by atoms with Crippen LogP contribution in [0.5, 0.6) is 11.5 Å². The lowest BCUT2D eigenvalue weighted by Gasteiger charge is -2.24. The topological polar surface area (TPSA) is 98.4 Å². The number of para-hydroxylation sites is 1. The van der Waals surface area contributed by atoms with Crippen molar-refractivity contribution in [1.29, 1.82) is 0 Å². The first-order valence-electron chi connectivity index (χ1n) is 9.24. The van der Waals surface area contributed by atoms with Crippen molar-refractivity contribution in [2.45, 2.75) is 19.5 Å². The van der Waals surface area contributed by atoms with Crippen LogP contribution < -0.4 is 20.5 Å². The van der Waals surface area contributed by atoms with Gasteiger partial charge >= 0.3 is 0 Å². The number of aromatic nitrogens is 3. The molecule has 0 fully saturated rings. The Morgan fingerprint density at radius 2 is 1.72 bits per heavy atom. The molecule has 3 N–H and O–H groups in total. The number of methoxy groups -OCH3 is 2. The van der Waals surface area contributed by atoms with Gasteiger partial charge in [0.1, 0.15) is 0 Å². The summed E-state index contributed by atoms with van der Waals surface area (Å²) in [6.07, 6.45) is 0. The van der Waals surface area contributed by atoms with E-state index >= 15 is 0 Å². The molecule has 1 unspecified atom stereocenters. The van der Waals surface area contributed by atoms with Crippen LogP contribution in [0, 0.1) is 0 Å². The van der Waals surface area contributed by atoms with Gasteiger partial charge in [0.15, 0.2) is 17.3 Å². The number of nitrogens with two attached hydrogens (primary N) is 1. The highest BCUT2D eigenvalue weighted by Crippen LogP contribution is 2.29. The zero-order valence-electron chi connectivity index (χ0n) is 17.1. The second kappa shape index (κ2) is 9.20. The second-order valence-electron chi connectivity index (χ2n) is 6.65. The molecule has 1 heterocycles. The number of nitrogen functional groups attached to an aromatic ring is 1. The van der Waals surface area contributed by atoms with Gasteiger partial charge in [0.2, 0.25) is 11.9 Å². The summed E-state index contributed by atoms with van der Waals surface area (Å²) in [6, 6.07) is 15.5. The molecule has 0 saturated heterocycles. The first-order chi connectivity index (χ1) is 14.0. The van der Waals surface area contributed by atoms with E-state index in [1.165, 1.54) is 0 Å². The fourth-order valence-electron chi connectivity index (χ4n) is 2.90. The van der Waals surface area contributed by atoms with Crippen molar-refractivity contribution in [2.24, 2.45) is 0 Å². The number of benzene rings is 2. The Labute approximate surface area is 170 Å². The maximum absolute atomic E-state index is 5.92. The van der Waals surface area contributed by atoms with E-state index in [0.717, 1.165) is 11.3 Å². The molecule has 152 valence electrons. The van der Waals surface area contributed by atoms with Crippen LogP contribution in [-0.2, 0) is 6.54 Å². The van der Waals surface area contributed by atoms with Gasteiger partial charge in [-0.25, -0.2) is 0 Å². The molecule has 1 atom stereocenters. The minimum absolute atomic E-state index is 0.0790. The van der Waals surface area contributed by atoms with Crippen molar-refractivity contribution >= 4 is 17.6 Å². The summed E-state index contributed by atoms with van der Waals surface area (Å²) < 4.78 is 10.7. The molecule has 2 aromatic carbocycles. The summed E-state index contributed by atoms with van der Waals surface area (Å²) in [5.74, 6) is 2.60. The normalized spacial score (nSPS) is 11.9. The average molecular weight is 394 g/mol. The molecule has 0 aliphatic heterocycles. The van der Waals surface area contributed by atoms with E-state index in [1.807, 2.05) is 62.5 Å². The summed E-state index contributed by atoms with van der Waals surface area (Å²) in [4.78, 5) is 15.2. The molecule has 1 aromatic heterocycles. The molecule has 0 aliphatic rings. The highest BCUT2D eigenvalue weighted by atomic mass is 16.5. The van der Waals surface area contributed by atoms with Crippen LogP contribution in [0.15, 0.2) is 48.5 Å². The van der Waals surface area contributed by atoms with Crippen molar-refractivity contribution in [3.8, 4) is 11.5 Å². The van der Waals surface area contributed by atoms with Gasteiger partial charge in [0.25, 0.3) is 0 Å². The molecule has 29 heavy (non-hydrogen) atoms. The average Bonchev–Trinajstić information content (AvgIpc) is 2.73. The third-order valence-electron chi connectivity index (χ3n) is 4.61. The Balaban J connectivity index is 1.76. The van der Waals surface area contributed by atoms with Crippen LogP contribution in [0.25, 0.3) is 0 Å². The third-order valence-corrected chi connectivity index (χ3v) is 4.61. The molecular weight excluding hydrogens is 368 g/mol. The molecular formula is C21H26N6O2. The zero-order chi connectivity index (χ0) is 20.8. The number of rotatable bonds is 8. The minimum atomic E-state index is -0.0790. The van der Waals surface area contributed by atoms with Gasteiger partial charge in [-0.3, -0.25) is 4.90 Å². The van der Waals surface area contributed by atoms with Gasteiger partial charge in [-0.15, -0.1) is 0 Å². The lowest BCUT2D eigenvalue weighted by molar-refractivity contribution is 0.243. The number of hydrogen-bond donors (Lipinski definition) is 2. The van der Waals surface area contributed by atoms with Gasteiger partial charge < -0.3 is 20.5 Å². The fraction of sp³-hybridized carbons (Fsp3) is 0.286. The fourth-order valence-corrected chi connectivity index (χ4v) is 2.90. The Kier molecular flexibility index (Phi) is 6.46. The van der Waals surface area contributed by atoms with E-state index in [9.17, 15) is 0 Å². The Morgan fingerprint density at radius 3 is 2.41 bits per heavy atom. The molecule has 8 nitrogen and oxygen atoms in total. The van der Waals surface area contributed by atoms with E-state index in [4.69, 9.17) is 15.2 Å². The van der Waals surface area contributed by atoms with Gasteiger partial charge in [-0.1, -0.05) is 24.3 Å². The monoisotopic (exact) mass is 394 g/mol. The number of anilines is 3. The number of ether oxygens (including phenoxy) is 2. The molecule has 0 amide bonds. The zero-order valence-corrected chi connectivity index (χ0v) is 17.1. The molecule has 0 spiro atoms. The highest BCUT2D eigenvalue weighted by molar-refractivity contribution is 5.53. The van der Waals surface area contributed by atoms with E-state index in [2.05, 4.69) is 25.2 Å². The maximum Gasteiger partial charge on any atom is 0.232 e. The van der Waals surface area contributed by atoms with Crippen LogP contribution in [0.3, 0.4) is 0 Å². The van der Waals surface area contributed by atoms with E-state index in [0.29, 0.717) is 29.8 Å². The molecule has 0 aliphatic carbocycles. The SMILES string of the molecule is COc1ccc(CN(C)C(C)c2nc(N)nc(Nc3ccccc3)n2)cc1OC. The predicted molar refractivity (Wildman–Crippen MR) is 113 cm³/mol. The van der Waals surface area contributed by atoms with Crippen molar-refractivity contribution in [3.63, 3.8) is 0 Å². The summed E-state index contributed by atoms with van der Waals surface area (Å²) in [5.41, 5.74) is 7.89. The summed E-state index contributed by atoms with van der Waals surface area (Å²) in [7, 11) is 5.26. The molecule has 0 radical (unpaired) electrons. The molecule has 0 bridgehead atoms. The van der Waals surface area contributed by atoms with Crippen LogP contribution in [0.2, 0.25) is 0 Å². The number of hydrogen-bond acceptors (Lipinski definition) is 8.